The van der Waals surface area contributed by atoms with E-state index < -0.39 is 12.1 Å². The first-order valence-electron chi connectivity index (χ1n) is 10.4. The lowest BCUT2D eigenvalue weighted by molar-refractivity contribution is -0.117. The first kappa shape index (κ1) is 21.6. The van der Waals surface area contributed by atoms with E-state index in [0.717, 1.165) is 43.9 Å². The summed E-state index contributed by atoms with van der Waals surface area (Å²) in [5.41, 5.74) is 9.25. The average Bonchev–Trinajstić information content (AvgIpc) is 2.74. The van der Waals surface area contributed by atoms with E-state index in [1.54, 1.807) is 0 Å². The smallest absolute Gasteiger partial charge is 0.312 e. The summed E-state index contributed by atoms with van der Waals surface area (Å²) in [6, 6.07) is 14.0. The maximum Gasteiger partial charge on any atom is 0.312 e. The summed E-state index contributed by atoms with van der Waals surface area (Å²) in [5.74, 6) is -0.290. The second-order valence-corrected chi connectivity index (χ2v) is 7.66. The molecule has 0 aromatic heterocycles. The number of carbonyl (C=O) groups is 2. The third kappa shape index (κ3) is 5.73. The SMILES string of the molecule is CCN1CCN(c2ccc(NC(=O)C(Cc3ccccc3)NC(N)=O)cc2C)CC1. The number of rotatable bonds is 7. The van der Waals surface area contributed by atoms with Crippen LogP contribution in [0.25, 0.3) is 0 Å². The zero-order chi connectivity index (χ0) is 21.5. The molecule has 0 saturated carbocycles. The average molecular weight is 410 g/mol. The number of amides is 3. The van der Waals surface area contributed by atoms with Crippen LogP contribution < -0.4 is 21.3 Å². The van der Waals surface area contributed by atoms with E-state index in [1.807, 2.05) is 42.5 Å². The molecule has 4 N–H and O–H groups in total. The lowest BCUT2D eigenvalue weighted by Gasteiger charge is -2.36. The number of primary amides is 1. The third-order valence-electron chi connectivity index (χ3n) is 5.54. The van der Waals surface area contributed by atoms with Gasteiger partial charge in [-0.2, -0.15) is 0 Å². The number of nitrogens with zero attached hydrogens (tertiary/aromatic N) is 2. The van der Waals surface area contributed by atoms with Gasteiger partial charge in [0.2, 0.25) is 5.91 Å². The van der Waals surface area contributed by atoms with Crippen LogP contribution in [0, 0.1) is 6.92 Å². The predicted octanol–water partition coefficient (Wildman–Crippen LogP) is 2.36. The maximum absolute atomic E-state index is 12.8. The number of urea groups is 1. The largest absolute Gasteiger partial charge is 0.369 e. The van der Waals surface area contributed by atoms with Gasteiger partial charge in [-0.25, -0.2) is 4.79 Å². The van der Waals surface area contributed by atoms with Crippen molar-refractivity contribution in [3.8, 4) is 0 Å². The Labute approximate surface area is 178 Å². The Morgan fingerprint density at radius 3 is 2.37 bits per heavy atom. The molecule has 1 aliphatic rings. The molecule has 1 unspecified atom stereocenters. The predicted molar refractivity (Wildman–Crippen MR) is 121 cm³/mol. The van der Waals surface area contributed by atoms with Crippen LogP contribution in [0.5, 0.6) is 0 Å². The highest BCUT2D eigenvalue weighted by molar-refractivity contribution is 5.97. The highest BCUT2D eigenvalue weighted by Gasteiger charge is 2.21. The molecule has 1 fully saturated rings. The Kier molecular flexibility index (Phi) is 7.30. The summed E-state index contributed by atoms with van der Waals surface area (Å²) in [5, 5.41) is 5.47. The van der Waals surface area contributed by atoms with E-state index in [-0.39, 0.29) is 5.91 Å². The molecule has 1 aliphatic heterocycles. The summed E-state index contributed by atoms with van der Waals surface area (Å²) in [7, 11) is 0. The Hall–Kier alpha value is -3.06. The molecule has 3 rings (SSSR count). The zero-order valence-corrected chi connectivity index (χ0v) is 17.7. The third-order valence-corrected chi connectivity index (χ3v) is 5.54. The molecular formula is C23H31N5O2. The molecule has 7 nitrogen and oxygen atoms in total. The monoisotopic (exact) mass is 409 g/mol. The van der Waals surface area contributed by atoms with Crippen LogP contribution in [0.1, 0.15) is 18.1 Å². The molecule has 0 aliphatic carbocycles. The van der Waals surface area contributed by atoms with Gasteiger partial charge in [0.25, 0.3) is 0 Å². The lowest BCUT2D eigenvalue weighted by Crippen LogP contribution is -2.47. The van der Waals surface area contributed by atoms with Gasteiger partial charge in [0, 0.05) is 44.0 Å². The van der Waals surface area contributed by atoms with Gasteiger partial charge in [-0.3, -0.25) is 4.79 Å². The number of nitrogens with two attached hydrogens (primary N) is 1. The van der Waals surface area contributed by atoms with Crippen LogP contribution in [0.2, 0.25) is 0 Å². The summed E-state index contributed by atoms with van der Waals surface area (Å²) in [6.45, 7) is 9.46. The van der Waals surface area contributed by atoms with Crippen molar-refractivity contribution in [2.24, 2.45) is 5.73 Å². The van der Waals surface area contributed by atoms with Gasteiger partial charge in [-0.1, -0.05) is 37.3 Å². The van der Waals surface area contributed by atoms with Gasteiger partial charge >= 0.3 is 6.03 Å². The molecule has 160 valence electrons. The summed E-state index contributed by atoms with van der Waals surface area (Å²) in [4.78, 5) is 29.1. The zero-order valence-electron chi connectivity index (χ0n) is 17.7. The normalized spacial score (nSPS) is 15.5. The van der Waals surface area contributed by atoms with Gasteiger partial charge in [0.05, 0.1) is 0 Å². The van der Waals surface area contributed by atoms with Crippen LogP contribution in [0.15, 0.2) is 48.5 Å². The summed E-state index contributed by atoms with van der Waals surface area (Å²) < 4.78 is 0. The van der Waals surface area contributed by atoms with Crippen LogP contribution in [0.4, 0.5) is 16.2 Å². The quantitative estimate of drug-likeness (QED) is 0.655. The molecule has 1 saturated heterocycles. The van der Waals surface area contributed by atoms with Crippen molar-refractivity contribution in [2.45, 2.75) is 26.3 Å². The highest BCUT2D eigenvalue weighted by atomic mass is 16.2. The molecule has 7 heteroatoms. The maximum atomic E-state index is 12.8. The molecular weight excluding hydrogens is 378 g/mol. The number of likely N-dealkylation sites (N-methyl/N-ethyl adjacent to an activating group) is 1. The second-order valence-electron chi connectivity index (χ2n) is 7.66. The Bertz CT molecular complexity index is 863. The molecule has 3 amide bonds. The molecule has 30 heavy (non-hydrogen) atoms. The fourth-order valence-corrected chi connectivity index (χ4v) is 3.85. The lowest BCUT2D eigenvalue weighted by atomic mass is 10.0. The fourth-order valence-electron chi connectivity index (χ4n) is 3.85. The van der Waals surface area contributed by atoms with Crippen LogP contribution in [-0.2, 0) is 11.2 Å². The summed E-state index contributed by atoms with van der Waals surface area (Å²) in [6.07, 6.45) is 0.369. The van der Waals surface area contributed by atoms with Crippen LogP contribution >= 0.6 is 0 Å². The Morgan fingerprint density at radius 2 is 1.77 bits per heavy atom. The number of aryl methyl sites for hydroxylation is 1. The number of nitrogens with one attached hydrogen (secondary N) is 2. The van der Waals surface area contributed by atoms with E-state index >= 15 is 0 Å². The van der Waals surface area contributed by atoms with Gasteiger partial charge < -0.3 is 26.2 Å². The molecule has 2 aromatic carbocycles. The van der Waals surface area contributed by atoms with Gasteiger partial charge in [-0.15, -0.1) is 0 Å². The van der Waals surface area contributed by atoms with Crippen molar-refractivity contribution >= 4 is 23.3 Å². The standard InChI is InChI=1S/C23H31N5O2/c1-3-27-11-13-28(14-12-27)21-10-9-19(15-17(21)2)25-22(29)20(26-23(24)30)16-18-7-5-4-6-8-18/h4-10,15,20H,3,11-14,16H2,1-2H3,(H,25,29)(H3,24,26,30). The van der Waals surface area contributed by atoms with Gasteiger partial charge in [0.1, 0.15) is 6.04 Å². The van der Waals surface area contributed by atoms with E-state index in [9.17, 15) is 9.59 Å². The molecule has 0 bridgehead atoms. The number of anilines is 2. The van der Waals surface area contributed by atoms with Crippen molar-refractivity contribution < 1.29 is 9.59 Å². The number of benzene rings is 2. The summed E-state index contributed by atoms with van der Waals surface area (Å²) >= 11 is 0. The first-order chi connectivity index (χ1) is 14.5. The molecule has 0 spiro atoms. The van der Waals surface area contributed by atoms with Crippen molar-refractivity contribution in [1.29, 1.82) is 0 Å². The topological polar surface area (TPSA) is 90.7 Å². The Balaban J connectivity index is 1.67. The van der Waals surface area contributed by atoms with Crippen LogP contribution in [0.3, 0.4) is 0 Å². The minimum atomic E-state index is -0.744. The van der Waals surface area contributed by atoms with Crippen molar-refractivity contribution in [2.75, 3.05) is 42.9 Å². The first-order valence-corrected chi connectivity index (χ1v) is 10.4. The molecule has 0 radical (unpaired) electrons. The van der Waals surface area contributed by atoms with Crippen molar-refractivity contribution in [3.63, 3.8) is 0 Å². The number of hydrogen-bond donors (Lipinski definition) is 3. The van der Waals surface area contributed by atoms with E-state index in [2.05, 4.69) is 40.3 Å². The molecule has 1 heterocycles. The molecule has 1 atom stereocenters. The minimum absolute atomic E-state index is 0.290. The van der Waals surface area contributed by atoms with E-state index in [4.69, 9.17) is 5.73 Å². The van der Waals surface area contributed by atoms with Gasteiger partial charge in [0.15, 0.2) is 0 Å². The van der Waals surface area contributed by atoms with Crippen molar-refractivity contribution in [1.82, 2.24) is 10.2 Å². The minimum Gasteiger partial charge on any atom is -0.369 e. The van der Waals surface area contributed by atoms with E-state index in [1.165, 1.54) is 5.69 Å². The van der Waals surface area contributed by atoms with Gasteiger partial charge in [-0.05, 0) is 42.8 Å². The van der Waals surface area contributed by atoms with Crippen LogP contribution in [-0.4, -0.2) is 55.6 Å². The fraction of sp³-hybridized carbons (Fsp3) is 0.391. The number of hydrogen-bond acceptors (Lipinski definition) is 4. The number of carbonyl (C=O) groups excluding carboxylic acids is 2. The molecule has 2 aromatic rings. The van der Waals surface area contributed by atoms with Crippen molar-refractivity contribution in [3.05, 3.63) is 59.7 Å². The van der Waals surface area contributed by atoms with E-state index in [0.29, 0.717) is 12.1 Å². The highest BCUT2D eigenvalue weighted by Crippen LogP contribution is 2.25. The number of piperazine rings is 1. The second kappa shape index (κ2) is 10.1. The Morgan fingerprint density at radius 1 is 1.07 bits per heavy atom.